The minimum atomic E-state index is -0.275. The van der Waals surface area contributed by atoms with Crippen molar-refractivity contribution in [1.29, 1.82) is 0 Å². The van der Waals surface area contributed by atoms with Crippen LogP contribution >= 0.6 is 11.6 Å². The predicted octanol–water partition coefficient (Wildman–Crippen LogP) is 2.13. The molecule has 0 saturated carbocycles. The molecule has 20 heavy (non-hydrogen) atoms. The van der Waals surface area contributed by atoms with Gasteiger partial charge in [-0.3, -0.25) is 19.3 Å². The average molecular weight is 295 g/mol. The molecule has 6 heteroatoms. The molecule has 1 N–H and O–H groups in total. The van der Waals surface area contributed by atoms with E-state index in [0.29, 0.717) is 10.7 Å². The van der Waals surface area contributed by atoms with E-state index in [-0.39, 0.29) is 43.5 Å². The summed E-state index contributed by atoms with van der Waals surface area (Å²) in [4.78, 5) is 35.7. The number of carbonyl (C=O) groups is 3. The standard InChI is InChI=1S/C14H15ClN2O3/c1-9-2-3-11(10(15)8-9)16-12(18)6-7-17-13(19)4-5-14(17)20/h2-3,8H,4-7H2,1H3,(H,16,18). The summed E-state index contributed by atoms with van der Waals surface area (Å²) in [7, 11) is 0. The van der Waals surface area contributed by atoms with Crippen LogP contribution in [0.5, 0.6) is 0 Å². The van der Waals surface area contributed by atoms with Crippen molar-refractivity contribution in [3.63, 3.8) is 0 Å². The van der Waals surface area contributed by atoms with Crippen molar-refractivity contribution in [3.05, 3.63) is 28.8 Å². The summed E-state index contributed by atoms with van der Waals surface area (Å²) in [5.74, 6) is -0.699. The van der Waals surface area contributed by atoms with Gasteiger partial charge in [0.1, 0.15) is 0 Å². The number of halogens is 1. The number of amides is 3. The monoisotopic (exact) mass is 294 g/mol. The van der Waals surface area contributed by atoms with Crippen LogP contribution in [0.4, 0.5) is 5.69 Å². The van der Waals surface area contributed by atoms with Crippen LogP contribution < -0.4 is 5.32 Å². The molecule has 0 radical (unpaired) electrons. The molecular formula is C14H15ClN2O3. The van der Waals surface area contributed by atoms with E-state index in [4.69, 9.17) is 11.6 Å². The molecular weight excluding hydrogens is 280 g/mol. The van der Waals surface area contributed by atoms with Crippen LogP contribution in [0.25, 0.3) is 0 Å². The van der Waals surface area contributed by atoms with Crippen LogP contribution in [0.1, 0.15) is 24.8 Å². The average Bonchev–Trinajstić information content (AvgIpc) is 2.70. The number of hydrogen-bond donors (Lipinski definition) is 1. The zero-order valence-electron chi connectivity index (χ0n) is 11.1. The first-order chi connectivity index (χ1) is 9.47. The zero-order valence-corrected chi connectivity index (χ0v) is 11.9. The molecule has 5 nitrogen and oxygen atoms in total. The van der Waals surface area contributed by atoms with E-state index in [9.17, 15) is 14.4 Å². The second-order valence-electron chi connectivity index (χ2n) is 4.72. The molecule has 1 aromatic carbocycles. The van der Waals surface area contributed by atoms with Gasteiger partial charge in [-0.15, -0.1) is 0 Å². The second-order valence-corrected chi connectivity index (χ2v) is 5.13. The summed E-state index contributed by atoms with van der Waals surface area (Å²) in [5.41, 5.74) is 1.53. The van der Waals surface area contributed by atoms with Gasteiger partial charge in [-0.1, -0.05) is 17.7 Å². The van der Waals surface area contributed by atoms with Crippen molar-refractivity contribution in [2.45, 2.75) is 26.2 Å². The van der Waals surface area contributed by atoms with Gasteiger partial charge >= 0.3 is 0 Å². The van der Waals surface area contributed by atoms with Gasteiger partial charge < -0.3 is 5.32 Å². The Morgan fingerprint density at radius 2 is 1.95 bits per heavy atom. The number of rotatable bonds is 4. The SMILES string of the molecule is Cc1ccc(NC(=O)CCN2C(=O)CCC2=O)c(Cl)c1. The topological polar surface area (TPSA) is 66.5 Å². The molecule has 0 aromatic heterocycles. The van der Waals surface area contributed by atoms with Crippen LogP contribution in [-0.4, -0.2) is 29.2 Å². The maximum Gasteiger partial charge on any atom is 0.229 e. The maximum absolute atomic E-state index is 11.8. The molecule has 0 atom stereocenters. The van der Waals surface area contributed by atoms with Gasteiger partial charge in [0.05, 0.1) is 10.7 Å². The normalized spacial score (nSPS) is 14.8. The molecule has 3 amide bonds. The number of likely N-dealkylation sites (tertiary alicyclic amines) is 1. The van der Waals surface area contributed by atoms with Crippen LogP contribution in [-0.2, 0) is 14.4 Å². The fraction of sp³-hybridized carbons (Fsp3) is 0.357. The fourth-order valence-electron chi connectivity index (χ4n) is 2.02. The smallest absolute Gasteiger partial charge is 0.229 e. The van der Waals surface area contributed by atoms with Crippen molar-refractivity contribution in [1.82, 2.24) is 4.90 Å². The van der Waals surface area contributed by atoms with E-state index in [1.165, 1.54) is 0 Å². The molecule has 0 spiro atoms. The Bertz CT molecular complexity index is 556. The van der Waals surface area contributed by atoms with Crippen molar-refractivity contribution in [2.24, 2.45) is 0 Å². The van der Waals surface area contributed by atoms with Crippen LogP contribution in [0, 0.1) is 6.92 Å². The Balaban J connectivity index is 1.89. The highest BCUT2D eigenvalue weighted by molar-refractivity contribution is 6.33. The third-order valence-corrected chi connectivity index (χ3v) is 3.43. The molecule has 106 valence electrons. The lowest BCUT2D eigenvalue weighted by molar-refractivity contribution is -0.138. The van der Waals surface area contributed by atoms with Gasteiger partial charge in [-0.25, -0.2) is 0 Å². The van der Waals surface area contributed by atoms with Crippen molar-refractivity contribution >= 4 is 35.0 Å². The molecule has 1 aliphatic rings. The lowest BCUT2D eigenvalue weighted by atomic mass is 10.2. The van der Waals surface area contributed by atoms with Gasteiger partial charge in [0.25, 0.3) is 0 Å². The number of aryl methyl sites for hydroxylation is 1. The number of anilines is 1. The van der Waals surface area contributed by atoms with Crippen molar-refractivity contribution in [3.8, 4) is 0 Å². The summed E-state index contributed by atoms with van der Waals surface area (Å²) in [6, 6.07) is 5.32. The third-order valence-electron chi connectivity index (χ3n) is 3.12. The summed E-state index contributed by atoms with van der Waals surface area (Å²) < 4.78 is 0. The lowest BCUT2D eigenvalue weighted by Gasteiger charge is -2.13. The number of benzene rings is 1. The quantitative estimate of drug-likeness (QED) is 0.865. The van der Waals surface area contributed by atoms with Crippen LogP contribution in [0.15, 0.2) is 18.2 Å². The van der Waals surface area contributed by atoms with Gasteiger partial charge in [0, 0.05) is 25.8 Å². The number of nitrogens with one attached hydrogen (secondary N) is 1. The molecule has 1 aromatic rings. The number of carbonyl (C=O) groups excluding carboxylic acids is 3. The van der Waals surface area contributed by atoms with E-state index in [2.05, 4.69) is 5.32 Å². The van der Waals surface area contributed by atoms with Gasteiger partial charge in [0.2, 0.25) is 17.7 Å². The van der Waals surface area contributed by atoms with E-state index in [1.54, 1.807) is 12.1 Å². The molecule has 0 unspecified atom stereocenters. The van der Waals surface area contributed by atoms with E-state index >= 15 is 0 Å². The largest absolute Gasteiger partial charge is 0.325 e. The highest BCUT2D eigenvalue weighted by Crippen LogP contribution is 2.22. The summed E-state index contributed by atoms with van der Waals surface area (Å²) in [6.45, 7) is 2.02. The van der Waals surface area contributed by atoms with Gasteiger partial charge in [-0.2, -0.15) is 0 Å². The first kappa shape index (κ1) is 14.5. The molecule has 1 heterocycles. The number of hydrogen-bond acceptors (Lipinski definition) is 3. The summed E-state index contributed by atoms with van der Waals surface area (Å²) in [5, 5.41) is 3.14. The van der Waals surface area contributed by atoms with Crippen molar-refractivity contribution in [2.75, 3.05) is 11.9 Å². The summed E-state index contributed by atoms with van der Waals surface area (Å²) in [6.07, 6.45) is 0.552. The van der Waals surface area contributed by atoms with Gasteiger partial charge in [0.15, 0.2) is 0 Å². The number of imide groups is 1. The Kier molecular flexibility index (Phi) is 4.39. The molecule has 1 fully saturated rings. The summed E-state index contributed by atoms with van der Waals surface area (Å²) >= 11 is 6.01. The Hall–Kier alpha value is -1.88. The Labute approximate surface area is 121 Å². The van der Waals surface area contributed by atoms with Crippen LogP contribution in [0.2, 0.25) is 5.02 Å². The molecule has 1 aliphatic heterocycles. The highest BCUT2D eigenvalue weighted by Gasteiger charge is 2.28. The van der Waals surface area contributed by atoms with Crippen LogP contribution in [0.3, 0.4) is 0 Å². The lowest BCUT2D eigenvalue weighted by Crippen LogP contribution is -2.32. The Morgan fingerprint density at radius 3 is 2.55 bits per heavy atom. The zero-order chi connectivity index (χ0) is 14.7. The molecule has 2 rings (SSSR count). The van der Waals surface area contributed by atoms with Crippen molar-refractivity contribution < 1.29 is 14.4 Å². The van der Waals surface area contributed by atoms with E-state index in [1.807, 2.05) is 13.0 Å². The fourth-order valence-corrected chi connectivity index (χ4v) is 2.30. The second kappa shape index (κ2) is 6.05. The maximum atomic E-state index is 11.8. The highest BCUT2D eigenvalue weighted by atomic mass is 35.5. The first-order valence-electron chi connectivity index (χ1n) is 6.36. The molecule has 1 saturated heterocycles. The molecule has 0 aliphatic carbocycles. The minimum Gasteiger partial charge on any atom is -0.325 e. The van der Waals surface area contributed by atoms with E-state index < -0.39 is 0 Å². The third kappa shape index (κ3) is 3.36. The first-order valence-corrected chi connectivity index (χ1v) is 6.74. The predicted molar refractivity (Wildman–Crippen MR) is 75.4 cm³/mol. The minimum absolute atomic E-state index is 0.0711. The molecule has 0 bridgehead atoms. The van der Waals surface area contributed by atoms with Gasteiger partial charge in [-0.05, 0) is 24.6 Å². The van der Waals surface area contributed by atoms with E-state index in [0.717, 1.165) is 10.5 Å². The number of nitrogens with zero attached hydrogens (tertiary/aromatic N) is 1. The Morgan fingerprint density at radius 1 is 1.30 bits per heavy atom.